The molecule has 0 aromatic carbocycles. The second kappa shape index (κ2) is 7.46. The van der Waals surface area contributed by atoms with E-state index in [0.29, 0.717) is 29.3 Å². The van der Waals surface area contributed by atoms with E-state index in [1.54, 1.807) is 0 Å². The van der Waals surface area contributed by atoms with Crippen molar-refractivity contribution in [3.8, 4) is 0 Å². The fourth-order valence-electron chi connectivity index (χ4n) is 4.13. The van der Waals surface area contributed by atoms with Crippen molar-refractivity contribution >= 4 is 34.1 Å². The number of primary amides is 1. The Balaban J connectivity index is 1.89. The van der Waals surface area contributed by atoms with Gasteiger partial charge in [-0.2, -0.15) is 0 Å². The van der Waals surface area contributed by atoms with Gasteiger partial charge in [-0.1, -0.05) is 18.1 Å². The summed E-state index contributed by atoms with van der Waals surface area (Å²) in [6.07, 6.45) is 3.44. The molecule has 3 atom stereocenters. The Bertz CT molecular complexity index is 839. The predicted octanol–water partition coefficient (Wildman–Crippen LogP) is 3.36. The van der Waals surface area contributed by atoms with Crippen molar-refractivity contribution in [2.45, 2.75) is 52.9 Å². The molecule has 6 nitrogen and oxygen atoms in total. The van der Waals surface area contributed by atoms with Gasteiger partial charge >= 0.3 is 5.97 Å². The Morgan fingerprint density at radius 3 is 2.33 bits per heavy atom. The zero-order valence-electron chi connectivity index (χ0n) is 15.9. The fraction of sp³-hybridized carbons (Fsp3) is 0.550. The van der Waals surface area contributed by atoms with Crippen LogP contribution >= 0.6 is 11.3 Å². The van der Waals surface area contributed by atoms with Crippen LogP contribution in [0.3, 0.4) is 0 Å². The molecular formula is C20H26N2O4S. The SMILES string of the molecule is CC1=C(C)C[C@H](C(=O)Nc2sc3c(c2C(N)=O)CC[C@H](C)C3)[C@@H](C(=O)O)C1. The highest BCUT2D eigenvalue weighted by Gasteiger charge is 2.38. The van der Waals surface area contributed by atoms with E-state index in [0.717, 1.165) is 40.8 Å². The largest absolute Gasteiger partial charge is 0.481 e. The van der Waals surface area contributed by atoms with Crippen molar-refractivity contribution < 1.29 is 19.5 Å². The Morgan fingerprint density at radius 2 is 1.74 bits per heavy atom. The van der Waals surface area contributed by atoms with Gasteiger partial charge in [0.2, 0.25) is 5.91 Å². The first kappa shape index (κ1) is 19.6. The summed E-state index contributed by atoms with van der Waals surface area (Å²) < 4.78 is 0. The molecule has 1 heterocycles. The molecule has 1 aromatic heterocycles. The maximum atomic E-state index is 12.9. The molecule has 0 aliphatic heterocycles. The van der Waals surface area contributed by atoms with Crippen LogP contribution < -0.4 is 11.1 Å². The highest BCUT2D eigenvalue weighted by Crippen LogP contribution is 2.41. The normalized spacial score (nSPS) is 25.1. The molecule has 0 unspecified atom stereocenters. The number of anilines is 1. The third-order valence-electron chi connectivity index (χ3n) is 5.92. The van der Waals surface area contributed by atoms with Gasteiger partial charge in [0.1, 0.15) is 5.00 Å². The van der Waals surface area contributed by atoms with E-state index >= 15 is 0 Å². The number of carboxylic acid groups (broad SMARTS) is 1. The van der Waals surface area contributed by atoms with Gasteiger partial charge < -0.3 is 16.2 Å². The number of aliphatic carboxylic acids is 1. The van der Waals surface area contributed by atoms with Gasteiger partial charge in [0.25, 0.3) is 5.91 Å². The van der Waals surface area contributed by atoms with Crippen molar-refractivity contribution in [2.24, 2.45) is 23.5 Å². The zero-order valence-corrected chi connectivity index (χ0v) is 16.7. The lowest BCUT2D eigenvalue weighted by Gasteiger charge is -2.29. The Hall–Kier alpha value is -2.15. The van der Waals surface area contributed by atoms with Crippen LogP contribution in [-0.4, -0.2) is 22.9 Å². The lowest BCUT2D eigenvalue weighted by atomic mass is 9.76. The van der Waals surface area contributed by atoms with Gasteiger partial charge in [0, 0.05) is 4.88 Å². The van der Waals surface area contributed by atoms with Gasteiger partial charge in [-0.3, -0.25) is 14.4 Å². The van der Waals surface area contributed by atoms with Gasteiger partial charge in [-0.15, -0.1) is 11.3 Å². The number of fused-ring (bicyclic) bond motifs is 1. The molecule has 3 rings (SSSR count). The number of nitrogens with two attached hydrogens (primary N) is 1. The van der Waals surface area contributed by atoms with Crippen molar-refractivity contribution in [1.82, 2.24) is 0 Å². The molecular weight excluding hydrogens is 364 g/mol. The average molecular weight is 391 g/mol. The van der Waals surface area contributed by atoms with Crippen molar-refractivity contribution in [3.05, 3.63) is 27.2 Å². The lowest BCUT2D eigenvalue weighted by molar-refractivity contribution is -0.146. The number of hydrogen-bond donors (Lipinski definition) is 3. The second-order valence-corrected chi connectivity index (χ2v) is 9.03. The molecule has 7 heteroatoms. The first-order chi connectivity index (χ1) is 12.7. The van der Waals surface area contributed by atoms with Gasteiger partial charge in [0.15, 0.2) is 0 Å². The minimum Gasteiger partial charge on any atom is -0.481 e. The van der Waals surface area contributed by atoms with Crippen LogP contribution in [0.5, 0.6) is 0 Å². The molecule has 146 valence electrons. The molecule has 0 radical (unpaired) electrons. The van der Waals surface area contributed by atoms with Crippen LogP contribution in [0.2, 0.25) is 0 Å². The number of carbonyl (C=O) groups excluding carboxylic acids is 2. The first-order valence-electron chi connectivity index (χ1n) is 9.32. The molecule has 0 saturated heterocycles. The molecule has 0 spiro atoms. The maximum absolute atomic E-state index is 12.9. The molecule has 27 heavy (non-hydrogen) atoms. The van der Waals surface area contributed by atoms with Gasteiger partial charge in [0.05, 0.1) is 17.4 Å². The summed E-state index contributed by atoms with van der Waals surface area (Å²) in [5, 5.41) is 12.9. The highest BCUT2D eigenvalue weighted by atomic mass is 32.1. The molecule has 2 aliphatic carbocycles. The van der Waals surface area contributed by atoms with E-state index in [9.17, 15) is 19.5 Å². The van der Waals surface area contributed by atoms with E-state index in [1.807, 2.05) is 13.8 Å². The second-order valence-electron chi connectivity index (χ2n) is 7.93. The van der Waals surface area contributed by atoms with Crippen LogP contribution in [-0.2, 0) is 22.4 Å². The minimum absolute atomic E-state index is 0.344. The monoisotopic (exact) mass is 390 g/mol. The predicted molar refractivity (Wildman–Crippen MR) is 105 cm³/mol. The summed E-state index contributed by atoms with van der Waals surface area (Å²) in [5.74, 6) is -2.71. The lowest BCUT2D eigenvalue weighted by Crippen LogP contribution is -2.36. The van der Waals surface area contributed by atoms with E-state index in [2.05, 4.69) is 12.2 Å². The average Bonchev–Trinajstić information content (AvgIpc) is 2.93. The number of hydrogen-bond acceptors (Lipinski definition) is 4. The number of thiophene rings is 1. The third-order valence-corrected chi connectivity index (χ3v) is 7.09. The van der Waals surface area contributed by atoms with E-state index in [-0.39, 0.29) is 5.91 Å². The molecule has 0 fully saturated rings. The first-order valence-corrected chi connectivity index (χ1v) is 10.1. The van der Waals surface area contributed by atoms with Crippen LogP contribution in [0.15, 0.2) is 11.1 Å². The molecule has 2 amide bonds. The fourth-order valence-corrected chi connectivity index (χ4v) is 5.55. The standard InChI is InChI=1S/C20H26N2O4S/c1-9-4-5-12-15(6-9)27-19(16(12)17(21)23)22-18(24)13-7-10(2)11(3)8-14(13)20(25)26/h9,13-14H,4-8H2,1-3H3,(H2,21,23)(H,22,24)(H,25,26)/t9-,13-,14-/m0/s1. The molecule has 1 aromatic rings. The Morgan fingerprint density at radius 1 is 1.11 bits per heavy atom. The summed E-state index contributed by atoms with van der Waals surface area (Å²) in [4.78, 5) is 37.8. The summed E-state index contributed by atoms with van der Waals surface area (Å²) in [5.41, 5.74) is 9.05. The summed E-state index contributed by atoms with van der Waals surface area (Å²) >= 11 is 1.41. The highest BCUT2D eigenvalue weighted by molar-refractivity contribution is 7.17. The Labute approximate surface area is 162 Å². The zero-order chi connectivity index (χ0) is 19.9. The van der Waals surface area contributed by atoms with E-state index in [4.69, 9.17) is 5.73 Å². The topological polar surface area (TPSA) is 109 Å². The Kier molecular flexibility index (Phi) is 5.42. The smallest absolute Gasteiger partial charge is 0.307 e. The minimum atomic E-state index is -0.962. The summed E-state index contributed by atoms with van der Waals surface area (Å²) in [7, 11) is 0. The van der Waals surface area contributed by atoms with Gasteiger partial charge in [-0.05, 0) is 57.4 Å². The van der Waals surface area contributed by atoms with Crippen LogP contribution in [0.4, 0.5) is 5.00 Å². The molecule has 0 saturated carbocycles. The van der Waals surface area contributed by atoms with Crippen LogP contribution in [0.25, 0.3) is 0 Å². The third kappa shape index (κ3) is 3.78. The van der Waals surface area contributed by atoms with Crippen LogP contribution in [0, 0.1) is 17.8 Å². The van der Waals surface area contributed by atoms with Crippen molar-refractivity contribution in [1.29, 1.82) is 0 Å². The van der Waals surface area contributed by atoms with Crippen molar-refractivity contribution in [2.75, 3.05) is 5.32 Å². The van der Waals surface area contributed by atoms with Gasteiger partial charge in [-0.25, -0.2) is 0 Å². The van der Waals surface area contributed by atoms with E-state index < -0.39 is 23.7 Å². The van der Waals surface area contributed by atoms with E-state index in [1.165, 1.54) is 11.3 Å². The summed E-state index contributed by atoms with van der Waals surface area (Å²) in [6, 6.07) is 0. The number of rotatable bonds is 4. The number of amides is 2. The molecule has 2 aliphatic rings. The van der Waals surface area contributed by atoms with Crippen LogP contribution in [0.1, 0.15) is 60.8 Å². The molecule has 4 N–H and O–H groups in total. The number of carboxylic acids is 1. The summed E-state index contributed by atoms with van der Waals surface area (Å²) in [6.45, 7) is 6.02. The number of carbonyl (C=O) groups is 3. The number of allylic oxidation sites excluding steroid dienone is 2. The van der Waals surface area contributed by atoms with Crippen molar-refractivity contribution in [3.63, 3.8) is 0 Å². The maximum Gasteiger partial charge on any atom is 0.307 e. The quantitative estimate of drug-likeness (QED) is 0.685. The molecule has 0 bridgehead atoms. The number of nitrogens with one attached hydrogen (secondary N) is 1.